The quantitative estimate of drug-likeness (QED) is 0.790. The van der Waals surface area contributed by atoms with E-state index in [9.17, 15) is 13.2 Å². The second-order valence-corrected chi connectivity index (χ2v) is 7.91. The highest BCUT2D eigenvalue weighted by atomic mass is 32.2. The fourth-order valence-electron chi connectivity index (χ4n) is 2.69. The Bertz CT molecular complexity index is 990. The minimum Gasteiger partial charge on any atom is -0.362 e. The molecule has 3 rings (SSSR count). The number of carbonyl (C=O) groups is 1. The lowest BCUT2D eigenvalue weighted by Crippen LogP contribution is -2.20. The van der Waals surface area contributed by atoms with Crippen LogP contribution in [0.2, 0.25) is 0 Å². The molecule has 27 heavy (non-hydrogen) atoms. The lowest BCUT2D eigenvalue weighted by Gasteiger charge is -2.11. The first kappa shape index (κ1) is 18.8. The minimum atomic E-state index is -3.76. The summed E-state index contributed by atoms with van der Waals surface area (Å²) in [4.78, 5) is 13.9. The maximum atomic E-state index is 12.4. The van der Waals surface area contributed by atoms with E-state index in [0.717, 1.165) is 18.5 Å². The van der Waals surface area contributed by atoms with E-state index in [2.05, 4.69) is 14.8 Å². The number of rotatable bonds is 5. The number of likely N-dealkylation sites (tertiary alicyclic amines) is 1. The third kappa shape index (κ3) is 4.82. The van der Waals surface area contributed by atoms with Crippen molar-refractivity contribution in [1.82, 2.24) is 14.7 Å². The molecule has 1 amide bonds. The van der Waals surface area contributed by atoms with Gasteiger partial charge in [0.15, 0.2) is 0 Å². The molecule has 0 bridgehead atoms. The van der Waals surface area contributed by atoms with Gasteiger partial charge in [0.1, 0.15) is 5.84 Å². The molecule has 1 aliphatic heterocycles. The van der Waals surface area contributed by atoms with Crippen LogP contribution in [0.25, 0.3) is 6.08 Å². The number of aromatic nitrogens is 2. The Morgan fingerprint density at radius 1 is 1.26 bits per heavy atom. The summed E-state index contributed by atoms with van der Waals surface area (Å²) in [5.74, 6) is 0.259. The van der Waals surface area contributed by atoms with Gasteiger partial charge in [0.2, 0.25) is 5.91 Å². The lowest BCUT2D eigenvalue weighted by molar-refractivity contribution is -0.111. The van der Waals surface area contributed by atoms with Crippen LogP contribution in [0.3, 0.4) is 0 Å². The standard InChI is InChI=1S/C18H21N5O3S/c1-22-11-3-4-17(22)21-27(25,26)16-8-6-15(7-9-16)20-18(24)10-5-14-12-19-23(2)13-14/h5-10,12-13H,3-4,11H2,1-2H3,(H,20,24). The number of aryl methyl sites for hydroxylation is 1. The predicted molar refractivity (Wildman–Crippen MR) is 104 cm³/mol. The first-order chi connectivity index (χ1) is 12.8. The molecule has 0 saturated carbocycles. The molecule has 2 aromatic rings. The third-order valence-corrected chi connectivity index (χ3v) is 5.45. The van der Waals surface area contributed by atoms with Gasteiger partial charge in [-0.15, -0.1) is 4.40 Å². The van der Waals surface area contributed by atoms with Crippen LogP contribution in [-0.4, -0.2) is 48.4 Å². The van der Waals surface area contributed by atoms with Crippen LogP contribution in [0, 0.1) is 0 Å². The molecule has 0 spiro atoms. The summed E-state index contributed by atoms with van der Waals surface area (Å²) in [6.07, 6.45) is 8.04. The molecule has 1 aromatic carbocycles. The molecule has 1 fully saturated rings. The number of hydrogen-bond donors (Lipinski definition) is 1. The minimum absolute atomic E-state index is 0.0965. The third-order valence-electron chi connectivity index (χ3n) is 4.13. The number of amides is 1. The van der Waals surface area contributed by atoms with E-state index < -0.39 is 10.0 Å². The Hall–Kier alpha value is -2.94. The molecule has 1 aliphatic rings. The zero-order chi connectivity index (χ0) is 19.4. The SMILES string of the molecule is CN1CCCC1=NS(=O)(=O)c1ccc(NC(=O)C=Cc2cnn(C)c2)cc1. The molecule has 1 saturated heterocycles. The second-order valence-electron chi connectivity index (χ2n) is 6.30. The van der Waals surface area contributed by atoms with Crippen LogP contribution in [0.15, 0.2) is 52.0 Å². The topological polar surface area (TPSA) is 96.7 Å². The van der Waals surface area contributed by atoms with Crippen molar-refractivity contribution in [3.8, 4) is 0 Å². The monoisotopic (exact) mass is 387 g/mol. The molecule has 1 aromatic heterocycles. The van der Waals surface area contributed by atoms with Crippen molar-refractivity contribution in [2.45, 2.75) is 17.7 Å². The molecule has 1 N–H and O–H groups in total. The van der Waals surface area contributed by atoms with Crippen molar-refractivity contribution in [3.05, 3.63) is 48.3 Å². The highest BCUT2D eigenvalue weighted by Crippen LogP contribution is 2.19. The zero-order valence-corrected chi connectivity index (χ0v) is 16.0. The van der Waals surface area contributed by atoms with Gasteiger partial charge in [-0.2, -0.15) is 13.5 Å². The van der Waals surface area contributed by atoms with Crippen molar-refractivity contribution in [1.29, 1.82) is 0 Å². The smallest absolute Gasteiger partial charge is 0.283 e. The average molecular weight is 387 g/mol. The second kappa shape index (κ2) is 7.75. The van der Waals surface area contributed by atoms with E-state index in [1.54, 1.807) is 42.3 Å². The molecule has 0 unspecified atom stereocenters. The first-order valence-electron chi connectivity index (χ1n) is 8.46. The maximum absolute atomic E-state index is 12.4. The van der Waals surface area contributed by atoms with Gasteiger partial charge in [-0.25, -0.2) is 0 Å². The summed E-state index contributed by atoms with van der Waals surface area (Å²) >= 11 is 0. The van der Waals surface area contributed by atoms with Gasteiger partial charge in [-0.3, -0.25) is 9.48 Å². The normalized spacial score (nSPS) is 16.4. The molecule has 2 heterocycles. The Kier molecular flexibility index (Phi) is 5.41. The van der Waals surface area contributed by atoms with Crippen molar-refractivity contribution in [3.63, 3.8) is 0 Å². The molecule has 0 radical (unpaired) electrons. The molecule has 142 valence electrons. The van der Waals surface area contributed by atoms with Gasteiger partial charge < -0.3 is 10.2 Å². The maximum Gasteiger partial charge on any atom is 0.283 e. The van der Waals surface area contributed by atoms with E-state index in [0.29, 0.717) is 17.9 Å². The molecular formula is C18H21N5O3S. The summed E-state index contributed by atoms with van der Waals surface area (Å²) in [5, 5.41) is 6.70. The van der Waals surface area contributed by atoms with Gasteiger partial charge in [-0.05, 0) is 36.8 Å². The predicted octanol–water partition coefficient (Wildman–Crippen LogP) is 1.88. The van der Waals surface area contributed by atoms with Crippen molar-refractivity contribution in [2.24, 2.45) is 11.4 Å². The summed E-state index contributed by atoms with van der Waals surface area (Å²) in [6.45, 7) is 0.811. The summed E-state index contributed by atoms with van der Waals surface area (Å²) < 4.78 is 30.4. The number of anilines is 1. The van der Waals surface area contributed by atoms with Gasteiger partial charge in [0.05, 0.1) is 11.1 Å². The number of nitrogens with zero attached hydrogens (tertiary/aromatic N) is 4. The van der Waals surface area contributed by atoms with E-state index in [1.807, 2.05) is 11.9 Å². The highest BCUT2D eigenvalue weighted by molar-refractivity contribution is 7.90. The summed E-state index contributed by atoms with van der Waals surface area (Å²) in [6, 6.07) is 5.96. The number of sulfonamides is 1. The van der Waals surface area contributed by atoms with Crippen molar-refractivity contribution < 1.29 is 13.2 Å². The van der Waals surface area contributed by atoms with Crippen LogP contribution in [0.1, 0.15) is 18.4 Å². The van der Waals surface area contributed by atoms with Crippen molar-refractivity contribution >= 4 is 33.5 Å². The van der Waals surface area contributed by atoms with Gasteiger partial charge in [0, 0.05) is 50.6 Å². The van der Waals surface area contributed by atoms with Crippen LogP contribution >= 0.6 is 0 Å². The zero-order valence-electron chi connectivity index (χ0n) is 15.2. The Labute approximate surface area is 158 Å². The van der Waals surface area contributed by atoms with Crippen LogP contribution in [0.4, 0.5) is 5.69 Å². The van der Waals surface area contributed by atoms with Gasteiger partial charge in [0.25, 0.3) is 10.0 Å². The fraction of sp³-hybridized carbons (Fsp3) is 0.278. The van der Waals surface area contributed by atoms with Gasteiger partial charge in [-0.1, -0.05) is 0 Å². The highest BCUT2D eigenvalue weighted by Gasteiger charge is 2.20. The van der Waals surface area contributed by atoms with E-state index in [1.165, 1.54) is 18.2 Å². The number of nitrogens with one attached hydrogen (secondary N) is 1. The van der Waals surface area contributed by atoms with Crippen molar-refractivity contribution in [2.75, 3.05) is 18.9 Å². The largest absolute Gasteiger partial charge is 0.362 e. The van der Waals surface area contributed by atoms with E-state index in [-0.39, 0.29) is 10.8 Å². The number of amidine groups is 1. The fourth-order valence-corrected chi connectivity index (χ4v) is 3.79. The Morgan fingerprint density at radius 2 is 2.00 bits per heavy atom. The lowest BCUT2D eigenvalue weighted by atomic mass is 10.3. The molecule has 8 nitrogen and oxygen atoms in total. The van der Waals surface area contributed by atoms with Gasteiger partial charge >= 0.3 is 0 Å². The summed E-state index contributed by atoms with van der Waals surface area (Å²) in [7, 11) is -0.129. The number of benzene rings is 1. The van der Waals surface area contributed by atoms with Crippen LogP contribution in [-0.2, 0) is 21.9 Å². The molecule has 0 aliphatic carbocycles. The molecule has 0 atom stereocenters. The average Bonchev–Trinajstić information content (AvgIpc) is 3.22. The summed E-state index contributed by atoms with van der Waals surface area (Å²) in [5.41, 5.74) is 1.31. The Morgan fingerprint density at radius 3 is 2.59 bits per heavy atom. The number of carbonyl (C=O) groups excluding carboxylic acids is 1. The molecule has 9 heteroatoms. The first-order valence-corrected chi connectivity index (χ1v) is 9.90. The Balaban J connectivity index is 1.66. The molecular weight excluding hydrogens is 366 g/mol. The van der Waals surface area contributed by atoms with E-state index >= 15 is 0 Å². The van der Waals surface area contributed by atoms with Crippen LogP contribution < -0.4 is 5.32 Å². The number of hydrogen-bond acceptors (Lipinski definition) is 4. The van der Waals surface area contributed by atoms with E-state index in [4.69, 9.17) is 0 Å². The van der Waals surface area contributed by atoms with Crippen LogP contribution in [0.5, 0.6) is 0 Å².